The number of hydrogen-bond acceptors (Lipinski definition) is 3. The van der Waals surface area contributed by atoms with Crippen LogP contribution in [0.3, 0.4) is 0 Å². The number of ketones is 1. The first-order chi connectivity index (χ1) is 7.00. The molecule has 4 nitrogen and oxygen atoms in total. The van der Waals surface area contributed by atoms with Gasteiger partial charge in [-0.3, -0.25) is 9.35 Å². The highest BCUT2D eigenvalue weighted by Crippen LogP contribution is 2.30. The van der Waals surface area contributed by atoms with Crippen LogP contribution >= 0.6 is 0 Å². The lowest BCUT2D eigenvalue weighted by molar-refractivity contribution is -0.114. The van der Waals surface area contributed by atoms with Crippen LogP contribution in [0.4, 0.5) is 0 Å². The summed E-state index contributed by atoms with van der Waals surface area (Å²) >= 11 is 0. The van der Waals surface area contributed by atoms with Crippen LogP contribution in [-0.4, -0.2) is 18.8 Å². The van der Waals surface area contributed by atoms with Gasteiger partial charge < -0.3 is 0 Å². The van der Waals surface area contributed by atoms with Crippen LogP contribution in [-0.2, 0) is 14.9 Å². The van der Waals surface area contributed by atoms with E-state index in [0.29, 0.717) is 11.1 Å². The van der Waals surface area contributed by atoms with Gasteiger partial charge in [-0.25, -0.2) is 0 Å². The zero-order chi connectivity index (χ0) is 11.1. The van der Waals surface area contributed by atoms with Crippen molar-refractivity contribution in [2.75, 3.05) is 0 Å². The van der Waals surface area contributed by atoms with E-state index in [4.69, 9.17) is 4.55 Å². The monoisotopic (exact) mass is 224 g/mol. The van der Waals surface area contributed by atoms with Gasteiger partial charge >= 0.3 is 0 Å². The summed E-state index contributed by atoms with van der Waals surface area (Å²) in [5.41, 5.74) is 0.965. The summed E-state index contributed by atoms with van der Waals surface area (Å²) in [6.07, 6.45) is 2.71. The molecule has 0 radical (unpaired) electrons. The Kier molecular flexibility index (Phi) is 2.21. The Morgan fingerprint density at radius 3 is 2.47 bits per heavy atom. The first-order valence-electron chi connectivity index (χ1n) is 4.27. The number of carbonyl (C=O) groups excluding carboxylic acids is 1. The molecule has 0 amide bonds. The van der Waals surface area contributed by atoms with Crippen molar-refractivity contribution in [1.82, 2.24) is 0 Å². The second-order valence-corrected chi connectivity index (χ2v) is 4.76. The Morgan fingerprint density at radius 2 is 1.80 bits per heavy atom. The molecule has 15 heavy (non-hydrogen) atoms. The second-order valence-electron chi connectivity index (χ2n) is 3.26. The summed E-state index contributed by atoms with van der Waals surface area (Å²) in [4.78, 5) is 11.4. The van der Waals surface area contributed by atoms with E-state index < -0.39 is 21.2 Å². The van der Waals surface area contributed by atoms with Gasteiger partial charge in [-0.15, -0.1) is 0 Å². The molecular weight excluding hydrogens is 216 g/mol. The van der Waals surface area contributed by atoms with E-state index in [-0.39, 0.29) is 0 Å². The topological polar surface area (TPSA) is 71.4 Å². The smallest absolute Gasteiger partial charge is 0.279 e. The molecule has 1 aromatic carbocycles. The van der Waals surface area contributed by atoms with Crippen LogP contribution < -0.4 is 0 Å². The largest absolute Gasteiger partial charge is 0.293 e. The van der Waals surface area contributed by atoms with Crippen molar-refractivity contribution in [2.24, 2.45) is 0 Å². The molecule has 1 N–H and O–H groups in total. The summed E-state index contributed by atoms with van der Waals surface area (Å²) in [6, 6.07) is 6.58. The van der Waals surface area contributed by atoms with Crippen molar-refractivity contribution < 1.29 is 17.8 Å². The van der Waals surface area contributed by atoms with Crippen molar-refractivity contribution in [3.05, 3.63) is 41.5 Å². The fourth-order valence-corrected chi connectivity index (χ4v) is 2.53. The maximum absolute atomic E-state index is 11.4. The average molecular weight is 224 g/mol. The third-order valence-electron chi connectivity index (χ3n) is 2.26. The molecule has 0 fully saturated rings. The van der Waals surface area contributed by atoms with Crippen LogP contribution in [0, 0.1) is 0 Å². The van der Waals surface area contributed by atoms with E-state index in [1.54, 1.807) is 24.3 Å². The summed E-state index contributed by atoms with van der Waals surface area (Å²) < 4.78 is 31.1. The number of allylic oxidation sites excluding steroid dienone is 1. The highest BCUT2D eigenvalue weighted by Gasteiger charge is 2.34. The van der Waals surface area contributed by atoms with Gasteiger partial charge in [0.2, 0.25) is 0 Å². The summed E-state index contributed by atoms with van der Waals surface area (Å²) in [5, 5.41) is -1.47. The lowest BCUT2D eigenvalue weighted by Crippen LogP contribution is -2.23. The lowest BCUT2D eigenvalue weighted by Gasteiger charge is -2.17. The predicted molar refractivity (Wildman–Crippen MR) is 54.8 cm³/mol. The van der Waals surface area contributed by atoms with Gasteiger partial charge in [-0.2, -0.15) is 8.42 Å². The molecule has 5 heteroatoms. The molecule has 0 saturated heterocycles. The summed E-state index contributed by atoms with van der Waals surface area (Å²) in [7, 11) is -4.39. The summed E-state index contributed by atoms with van der Waals surface area (Å²) in [5.74, 6) is -0.615. The van der Waals surface area contributed by atoms with Crippen molar-refractivity contribution in [3.63, 3.8) is 0 Å². The first kappa shape index (κ1) is 10.1. The summed E-state index contributed by atoms with van der Waals surface area (Å²) in [6.45, 7) is 0. The minimum absolute atomic E-state index is 0.326. The maximum atomic E-state index is 11.4. The Labute approximate surface area is 87.0 Å². The Hall–Kier alpha value is -1.46. The fourth-order valence-electron chi connectivity index (χ4n) is 1.62. The number of benzene rings is 1. The molecule has 1 aliphatic rings. The molecule has 1 aromatic rings. The van der Waals surface area contributed by atoms with E-state index >= 15 is 0 Å². The van der Waals surface area contributed by atoms with Gasteiger partial charge in [0, 0.05) is 0 Å². The minimum Gasteiger partial charge on any atom is -0.293 e. The molecular formula is C10H8O4S. The molecule has 1 aliphatic carbocycles. The van der Waals surface area contributed by atoms with E-state index in [0.717, 1.165) is 0 Å². The van der Waals surface area contributed by atoms with Crippen LogP contribution in [0.5, 0.6) is 0 Å². The Morgan fingerprint density at radius 1 is 1.13 bits per heavy atom. The van der Waals surface area contributed by atoms with Crippen molar-refractivity contribution in [2.45, 2.75) is 5.25 Å². The molecule has 1 atom stereocenters. The fraction of sp³-hybridized carbons (Fsp3) is 0.100. The SMILES string of the molecule is O=C1C=Cc2ccccc2C1S(=O)(=O)O. The zero-order valence-corrected chi connectivity index (χ0v) is 8.44. The molecule has 0 heterocycles. The lowest BCUT2D eigenvalue weighted by atomic mass is 9.96. The van der Waals surface area contributed by atoms with Gasteiger partial charge in [0.1, 0.15) is 0 Å². The number of fused-ring (bicyclic) bond motifs is 1. The van der Waals surface area contributed by atoms with Crippen molar-refractivity contribution in [3.8, 4) is 0 Å². The normalized spacial score (nSPS) is 20.1. The standard InChI is InChI=1S/C10H8O4S/c11-9-6-5-7-3-1-2-4-8(7)10(9)15(12,13)14/h1-6,10H,(H,12,13,14). The van der Waals surface area contributed by atoms with E-state index in [1.165, 1.54) is 12.1 Å². The van der Waals surface area contributed by atoms with Gasteiger partial charge in [0.25, 0.3) is 10.1 Å². The Bertz CT molecular complexity index is 542. The average Bonchev–Trinajstić information content (AvgIpc) is 2.15. The van der Waals surface area contributed by atoms with E-state index in [1.807, 2.05) is 0 Å². The minimum atomic E-state index is -4.39. The highest BCUT2D eigenvalue weighted by molar-refractivity contribution is 7.86. The van der Waals surface area contributed by atoms with Crippen molar-refractivity contribution >= 4 is 22.0 Å². The molecule has 2 rings (SSSR count). The van der Waals surface area contributed by atoms with Gasteiger partial charge in [-0.05, 0) is 17.2 Å². The first-order valence-corrected chi connectivity index (χ1v) is 5.77. The quantitative estimate of drug-likeness (QED) is 0.728. The highest BCUT2D eigenvalue weighted by atomic mass is 32.2. The van der Waals surface area contributed by atoms with Crippen LogP contribution in [0.25, 0.3) is 6.08 Å². The maximum Gasteiger partial charge on any atom is 0.279 e. The van der Waals surface area contributed by atoms with Crippen molar-refractivity contribution in [1.29, 1.82) is 0 Å². The molecule has 1 unspecified atom stereocenters. The molecule has 0 aromatic heterocycles. The van der Waals surface area contributed by atoms with Gasteiger partial charge in [0.05, 0.1) is 0 Å². The molecule has 0 spiro atoms. The van der Waals surface area contributed by atoms with Gasteiger partial charge in [0.15, 0.2) is 11.0 Å². The number of rotatable bonds is 1. The van der Waals surface area contributed by atoms with Crippen LogP contribution in [0.2, 0.25) is 0 Å². The molecule has 78 valence electrons. The van der Waals surface area contributed by atoms with E-state index in [9.17, 15) is 13.2 Å². The van der Waals surface area contributed by atoms with E-state index in [2.05, 4.69) is 0 Å². The number of carbonyl (C=O) groups is 1. The predicted octanol–water partition coefficient (Wildman–Crippen LogP) is 1.21. The molecule has 0 aliphatic heterocycles. The van der Waals surface area contributed by atoms with Crippen LogP contribution in [0.15, 0.2) is 30.3 Å². The molecule has 0 bridgehead atoms. The second kappa shape index (κ2) is 3.29. The third kappa shape index (κ3) is 1.71. The third-order valence-corrected chi connectivity index (χ3v) is 3.34. The zero-order valence-electron chi connectivity index (χ0n) is 7.62. The Balaban J connectivity index is 2.67. The van der Waals surface area contributed by atoms with Crippen LogP contribution in [0.1, 0.15) is 16.4 Å². The van der Waals surface area contributed by atoms with Gasteiger partial charge in [-0.1, -0.05) is 30.3 Å². The molecule has 0 saturated carbocycles. The number of hydrogen-bond donors (Lipinski definition) is 1.